The van der Waals surface area contributed by atoms with E-state index in [9.17, 15) is 5.11 Å². The van der Waals surface area contributed by atoms with Gasteiger partial charge in [0.1, 0.15) is 10.8 Å². The van der Waals surface area contributed by atoms with Crippen LogP contribution < -0.4 is 0 Å². The maximum absolute atomic E-state index is 9.78. The number of aromatic hydroxyl groups is 1. The topological polar surface area (TPSA) is 86.1 Å². The second-order valence-electron chi connectivity index (χ2n) is 3.88. The van der Waals surface area contributed by atoms with Crippen molar-refractivity contribution in [2.24, 2.45) is 0 Å². The average molecular weight is 282 g/mol. The molecule has 0 aliphatic heterocycles. The van der Waals surface area contributed by atoms with Gasteiger partial charge >= 0.3 is 0 Å². The highest BCUT2D eigenvalue weighted by Crippen LogP contribution is 2.33. The summed E-state index contributed by atoms with van der Waals surface area (Å²) in [5.74, 6) is 0.191. The van der Waals surface area contributed by atoms with E-state index < -0.39 is 0 Å². The van der Waals surface area contributed by atoms with Crippen LogP contribution in [0.2, 0.25) is 0 Å². The summed E-state index contributed by atoms with van der Waals surface area (Å²) < 4.78 is 0. The molecule has 0 aliphatic carbocycles. The van der Waals surface area contributed by atoms with Gasteiger partial charge in [-0.1, -0.05) is 12.1 Å². The molecule has 2 aromatic rings. The number of hydrogen-bond acceptors (Lipinski definition) is 7. The van der Waals surface area contributed by atoms with E-state index in [-0.39, 0.29) is 17.7 Å². The summed E-state index contributed by atoms with van der Waals surface area (Å²) in [6.07, 6.45) is 0.509. The van der Waals surface area contributed by atoms with Gasteiger partial charge in [0.2, 0.25) is 0 Å². The molecule has 1 heterocycles. The van der Waals surface area contributed by atoms with Crippen molar-refractivity contribution in [3.8, 4) is 16.3 Å². The van der Waals surface area contributed by atoms with E-state index in [0.29, 0.717) is 12.0 Å². The van der Waals surface area contributed by atoms with Crippen LogP contribution in [-0.2, 0) is 11.3 Å². The quantitative estimate of drug-likeness (QED) is 0.730. The Morgan fingerprint density at radius 2 is 2.05 bits per heavy atom. The molecule has 0 spiro atoms. The molecule has 0 atom stereocenters. The van der Waals surface area contributed by atoms with Crippen LogP contribution in [0.25, 0.3) is 10.6 Å². The van der Waals surface area contributed by atoms with Gasteiger partial charge in [0, 0.05) is 11.3 Å². The van der Waals surface area contributed by atoms with Crippen molar-refractivity contribution in [1.82, 2.24) is 10.4 Å². The van der Waals surface area contributed by atoms with Gasteiger partial charge in [-0.15, -0.1) is 11.3 Å². The molecule has 19 heavy (non-hydrogen) atoms. The molecule has 102 valence electrons. The predicted octanol–water partition coefficient (Wildman–Crippen LogP) is 2.38. The minimum Gasteiger partial charge on any atom is -0.507 e. The smallest absolute Gasteiger partial charge is 0.127 e. The zero-order chi connectivity index (χ0) is 13.8. The van der Waals surface area contributed by atoms with Crippen LogP contribution in [0.1, 0.15) is 10.6 Å². The van der Waals surface area contributed by atoms with Gasteiger partial charge in [0.05, 0.1) is 23.3 Å². The van der Waals surface area contributed by atoms with Crippen molar-refractivity contribution in [2.45, 2.75) is 13.3 Å². The zero-order valence-electron chi connectivity index (χ0n) is 10.3. The second kappa shape index (κ2) is 6.09. The first-order valence-electron chi connectivity index (χ1n) is 5.63. The molecule has 0 aliphatic rings. The fraction of sp³-hybridized carbons (Fsp3) is 0.250. The summed E-state index contributed by atoms with van der Waals surface area (Å²) in [6.45, 7) is 2.00. The number of phenols is 1. The van der Waals surface area contributed by atoms with Gasteiger partial charge in [-0.05, 0) is 19.1 Å². The predicted molar refractivity (Wildman–Crippen MR) is 69.0 cm³/mol. The first-order chi connectivity index (χ1) is 9.08. The molecule has 3 N–H and O–H groups in total. The van der Waals surface area contributed by atoms with E-state index in [2.05, 4.69) is 9.82 Å². The fourth-order valence-electron chi connectivity index (χ4n) is 1.65. The molecule has 7 heteroatoms. The maximum atomic E-state index is 9.78. The number of hydrogen-bond donors (Lipinski definition) is 3. The molecule has 2 rings (SSSR count). The molecule has 1 aromatic heterocycles. The number of rotatable bonds is 5. The minimum absolute atomic E-state index is 0.135. The Morgan fingerprint density at radius 1 is 1.32 bits per heavy atom. The van der Waals surface area contributed by atoms with Crippen LogP contribution in [0.15, 0.2) is 24.3 Å². The molecule has 0 fully saturated rings. The van der Waals surface area contributed by atoms with Crippen molar-refractivity contribution >= 4 is 11.3 Å². The van der Waals surface area contributed by atoms with E-state index in [0.717, 1.165) is 15.6 Å². The first kappa shape index (κ1) is 13.9. The van der Waals surface area contributed by atoms with Gasteiger partial charge in [-0.25, -0.2) is 4.98 Å². The number of para-hydroxylation sites is 1. The number of benzene rings is 1. The fourth-order valence-corrected chi connectivity index (χ4v) is 2.73. The molecule has 0 unspecified atom stereocenters. The minimum atomic E-state index is -0.305. The SMILES string of the molecule is Cc1nc(-c2ccccc2O)sc1CCON(O)O. The van der Waals surface area contributed by atoms with Gasteiger partial charge in [0.15, 0.2) is 0 Å². The molecular weight excluding hydrogens is 268 g/mol. The van der Waals surface area contributed by atoms with Crippen LogP contribution in [0.4, 0.5) is 0 Å². The van der Waals surface area contributed by atoms with Gasteiger partial charge in [-0.3, -0.25) is 15.3 Å². The summed E-state index contributed by atoms with van der Waals surface area (Å²) >= 11 is 1.45. The first-order valence-corrected chi connectivity index (χ1v) is 6.45. The highest BCUT2D eigenvalue weighted by Gasteiger charge is 2.12. The molecule has 1 aromatic carbocycles. The van der Waals surface area contributed by atoms with Crippen molar-refractivity contribution in [3.05, 3.63) is 34.8 Å². The molecule has 6 nitrogen and oxygen atoms in total. The lowest BCUT2D eigenvalue weighted by atomic mass is 10.2. The molecule has 0 radical (unpaired) electrons. The highest BCUT2D eigenvalue weighted by molar-refractivity contribution is 7.15. The highest BCUT2D eigenvalue weighted by atomic mass is 32.1. The number of phenolic OH excluding ortho intramolecular Hbond substituents is 1. The summed E-state index contributed by atoms with van der Waals surface area (Å²) in [7, 11) is 0. The Hall–Kier alpha value is -1.51. The number of thiazole rings is 1. The molecule has 0 bridgehead atoms. The zero-order valence-corrected chi connectivity index (χ0v) is 11.1. The van der Waals surface area contributed by atoms with Gasteiger partial charge in [-0.2, -0.15) is 0 Å². The van der Waals surface area contributed by atoms with Gasteiger partial charge < -0.3 is 5.11 Å². The van der Waals surface area contributed by atoms with E-state index in [1.54, 1.807) is 18.2 Å². The lowest BCUT2D eigenvalue weighted by molar-refractivity contribution is -0.492. The molecule has 0 saturated heterocycles. The number of aromatic nitrogens is 1. The summed E-state index contributed by atoms with van der Waals surface area (Å²) in [4.78, 5) is 9.89. The molecule has 0 amide bonds. The number of aryl methyl sites for hydroxylation is 1. The van der Waals surface area contributed by atoms with E-state index in [1.807, 2.05) is 13.0 Å². The third-order valence-electron chi connectivity index (χ3n) is 2.56. The lowest BCUT2D eigenvalue weighted by Crippen LogP contribution is -2.16. The molecular formula is C12H14N2O4S. The van der Waals surface area contributed by atoms with Crippen LogP contribution in [-0.4, -0.2) is 32.5 Å². The Labute approximate surface area is 114 Å². The Morgan fingerprint density at radius 3 is 2.74 bits per heavy atom. The van der Waals surface area contributed by atoms with Gasteiger partial charge in [0.25, 0.3) is 0 Å². The van der Waals surface area contributed by atoms with Crippen molar-refractivity contribution in [2.75, 3.05) is 6.61 Å². The lowest BCUT2D eigenvalue weighted by Gasteiger charge is -2.04. The number of nitrogens with zero attached hydrogens (tertiary/aromatic N) is 2. The van der Waals surface area contributed by atoms with Crippen molar-refractivity contribution in [1.29, 1.82) is 0 Å². The van der Waals surface area contributed by atoms with Crippen LogP contribution >= 0.6 is 11.3 Å². The Balaban J connectivity index is 2.15. The molecule has 0 saturated carbocycles. The van der Waals surface area contributed by atoms with E-state index in [4.69, 9.17) is 10.4 Å². The van der Waals surface area contributed by atoms with E-state index >= 15 is 0 Å². The normalized spacial score (nSPS) is 11.2. The summed E-state index contributed by atoms with van der Waals surface area (Å²) in [5, 5.41) is 27.1. The largest absolute Gasteiger partial charge is 0.507 e. The van der Waals surface area contributed by atoms with Crippen molar-refractivity contribution < 1.29 is 20.4 Å². The van der Waals surface area contributed by atoms with E-state index in [1.165, 1.54) is 11.3 Å². The average Bonchev–Trinajstić information content (AvgIpc) is 2.71. The van der Waals surface area contributed by atoms with Crippen molar-refractivity contribution in [3.63, 3.8) is 0 Å². The standard InChI is InChI=1S/C12H14N2O4S/c1-8-11(6-7-18-14(16)17)19-12(13-8)9-4-2-3-5-10(9)15/h2-5,15-17H,6-7H2,1H3. The monoisotopic (exact) mass is 282 g/mol. The summed E-state index contributed by atoms with van der Waals surface area (Å²) in [6, 6.07) is 7.01. The third-order valence-corrected chi connectivity index (χ3v) is 3.81. The summed E-state index contributed by atoms with van der Waals surface area (Å²) in [5.41, 5.74) is 1.53. The Kier molecular flexibility index (Phi) is 4.46. The van der Waals surface area contributed by atoms with Crippen LogP contribution in [0.5, 0.6) is 5.75 Å². The van der Waals surface area contributed by atoms with Crippen LogP contribution in [0, 0.1) is 6.92 Å². The third kappa shape index (κ3) is 3.49. The Bertz CT molecular complexity index is 556. The van der Waals surface area contributed by atoms with Crippen LogP contribution in [0.3, 0.4) is 0 Å². The maximum Gasteiger partial charge on any atom is 0.127 e. The second-order valence-corrected chi connectivity index (χ2v) is 4.96.